The van der Waals surface area contributed by atoms with Crippen LogP contribution in [0.5, 0.6) is 5.75 Å². The van der Waals surface area contributed by atoms with Gasteiger partial charge in [0.05, 0.1) is 12.7 Å². The van der Waals surface area contributed by atoms with E-state index in [1.807, 2.05) is 4.98 Å². The average molecular weight is 527 g/mol. The van der Waals surface area contributed by atoms with Crippen molar-refractivity contribution in [2.24, 2.45) is 0 Å². The molecule has 36 heavy (non-hydrogen) atoms. The number of nitrogens with one attached hydrogen (secondary N) is 2. The predicted molar refractivity (Wildman–Crippen MR) is 126 cm³/mol. The summed E-state index contributed by atoms with van der Waals surface area (Å²) in [7, 11) is -4.26. The van der Waals surface area contributed by atoms with Gasteiger partial charge in [-0.25, -0.2) is 9.36 Å². The largest absolute Gasteiger partial charge is 0.462 e. The summed E-state index contributed by atoms with van der Waals surface area (Å²) in [6, 6.07) is 8.02. The first kappa shape index (κ1) is 27.8. The van der Waals surface area contributed by atoms with Gasteiger partial charge in [-0.15, -0.1) is 0 Å². The van der Waals surface area contributed by atoms with Crippen molar-refractivity contribution in [3.63, 3.8) is 0 Å². The molecule has 0 aliphatic carbocycles. The normalized spacial score (nSPS) is 26.4. The van der Waals surface area contributed by atoms with E-state index in [1.54, 1.807) is 32.0 Å². The molecule has 198 valence electrons. The summed E-state index contributed by atoms with van der Waals surface area (Å²) in [5, 5.41) is 24.0. The van der Waals surface area contributed by atoms with Gasteiger partial charge in [0.1, 0.15) is 29.6 Å². The fraction of sp³-hybridized carbons (Fsp3) is 0.500. The summed E-state index contributed by atoms with van der Waals surface area (Å²) in [5.74, 6) is -0.515. The van der Waals surface area contributed by atoms with Gasteiger partial charge >= 0.3 is 19.4 Å². The lowest BCUT2D eigenvalue weighted by Gasteiger charge is -2.27. The Morgan fingerprint density at radius 2 is 1.92 bits per heavy atom. The Hall–Kier alpha value is -2.80. The smallest absolute Gasteiger partial charge is 0.459 e. The molecule has 1 saturated heterocycles. The van der Waals surface area contributed by atoms with Gasteiger partial charge in [0.2, 0.25) is 0 Å². The fourth-order valence-electron chi connectivity index (χ4n) is 3.50. The van der Waals surface area contributed by atoms with Crippen LogP contribution in [-0.4, -0.2) is 62.3 Å². The maximum absolute atomic E-state index is 13.6. The zero-order valence-electron chi connectivity index (χ0n) is 20.2. The summed E-state index contributed by atoms with van der Waals surface area (Å²) >= 11 is 0. The molecule has 0 bridgehead atoms. The molecule has 0 radical (unpaired) electrons. The standard InChI is InChI=1S/C22H30N3O10P/c1-13(2)33-19(28)14(3)24-36(31,35-15-8-6-5-7-9-15)32-12-16-18(27)22(4,30)20(34-16)25-11-10-17(26)23-21(25)29/h5-11,13-14,16,18,20,27,30H,12H2,1-4H3,(H,24,31)(H,23,26,29)/t14-,16?,18+,20+,22-,36-/m0/s1. The number of H-pyrrole nitrogens is 1. The van der Waals surface area contributed by atoms with Crippen LogP contribution in [-0.2, 0) is 23.4 Å². The second kappa shape index (κ2) is 11.1. The number of esters is 1. The molecule has 2 heterocycles. The zero-order chi connectivity index (χ0) is 26.7. The fourth-order valence-corrected chi connectivity index (χ4v) is 5.00. The van der Waals surface area contributed by atoms with Crippen LogP contribution in [0.2, 0.25) is 0 Å². The summed E-state index contributed by atoms with van der Waals surface area (Å²) in [6.45, 7) is 5.42. The van der Waals surface area contributed by atoms with Crippen molar-refractivity contribution in [3.8, 4) is 5.75 Å². The molecular formula is C22H30N3O10P. The number of para-hydroxylation sites is 1. The Balaban J connectivity index is 1.80. The van der Waals surface area contributed by atoms with Crippen LogP contribution in [0.3, 0.4) is 0 Å². The molecule has 1 unspecified atom stereocenters. The highest BCUT2D eigenvalue weighted by atomic mass is 31.2. The molecule has 1 aromatic carbocycles. The molecule has 2 aromatic rings. The van der Waals surface area contributed by atoms with Crippen molar-refractivity contribution < 1.29 is 38.1 Å². The van der Waals surface area contributed by atoms with E-state index in [-0.39, 0.29) is 5.75 Å². The van der Waals surface area contributed by atoms with E-state index < -0.39 is 67.8 Å². The van der Waals surface area contributed by atoms with Gasteiger partial charge in [-0.05, 0) is 39.8 Å². The van der Waals surface area contributed by atoms with E-state index in [4.69, 9.17) is 18.5 Å². The summed E-state index contributed by atoms with van der Waals surface area (Å²) in [6.07, 6.45) is -3.54. The SMILES string of the molecule is CC(C)OC(=O)[C@H](C)N[P@](=O)(OCC1O[C@@H](n2ccc(=O)[nH]c2=O)[C@@](C)(O)[C@@H]1O)Oc1ccccc1. The number of carbonyl (C=O) groups is 1. The number of aromatic amines is 1. The number of benzene rings is 1. The summed E-state index contributed by atoms with van der Waals surface area (Å²) in [4.78, 5) is 37.9. The molecule has 1 aromatic heterocycles. The van der Waals surface area contributed by atoms with Gasteiger partial charge in [-0.2, -0.15) is 5.09 Å². The third-order valence-corrected chi connectivity index (χ3v) is 6.94. The number of ether oxygens (including phenoxy) is 2. The molecule has 0 spiro atoms. The molecule has 0 amide bonds. The van der Waals surface area contributed by atoms with Crippen molar-refractivity contribution in [1.29, 1.82) is 0 Å². The van der Waals surface area contributed by atoms with Crippen LogP contribution in [0.15, 0.2) is 52.2 Å². The number of carbonyl (C=O) groups excluding carboxylic acids is 1. The summed E-state index contributed by atoms with van der Waals surface area (Å²) < 4.78 is 36.3. The second-order valence-corrected chi connectivity index (χ2v) is 10.4. The van der Waals surface area contributed by atoms with Gasteiger partial charge in [-0.3, -0.25) is 23.7 Å². The average Bonchev–Trinajstić information content (AvgIpc) is 3.01. The lowest BCUT2D eigenvalue weighted by atomic mass is 9.96. The van der Waals surface area contributed by atoms with Gasteiger partial charge < -0.3 is 24.2 Å². The number of hydrogen-bond donors (Lipinski definition) is 4. The number of aliphatic hydroxyl groups is 2. The number of aromatic nitrogens is 2. The van der Waals surface area contributed by atoms with E-state index in [2.05, 4.69) is 5.09 Å². The highest BCUT2D eigenvalue weighted by molar-refractivity contribution is 7.52. The predicted octanol–water partition coefficient (Wildman–Crippen LogP) is 0.679. The molecule has 6 atom stereocenters. The maximum atomic E-state index is 13.6. The molecule has 1 fully saturated rings. The summed E-state index contributed by atoms with van der Waals surface area (Å²) in [5.41, 5.74) is -3.49. The van der Waals surface area contributed by atoms with Crippen molar-refractivity contribution in [2.45, 2.75) is 63.9 Å². The maximum Gasteiger partial charge on any atom is 0.459 e. The Morgan fingerprint density at radius 3 is 2.53 bits per heavy atom. The quantitative estimate of drug-likeness (QED) is 0.252. The second-order valence-electron chi connectivity index (χ2n) is 8.75. The highest BCUT2D eigenvalue weighted by Crippen LogP contribution is 2.46. The Kier molecular flexibility index (Phi) is 8.55. The molecule has 0 saturated carbocycles. The zero-order valence-corrected chi connectivity index (χ0v) is 21.1. The van der Waals surface area contributed by atoms with E-state index in [1.165, 1.54) is 26.0 Å². The van der Waals surface area contributed by atoms with Gasteiger partial charge in [0.25, 0.3) is 5.56 Å². The van der Waals surface area contributed by atoms with Gasteiger partial charge in [-0.1, -0.05) is 18.2 Å². The Labute approximate surface area is 206 Å². The molecule has 1 aliphatic rings. The first-order valence-corrected chi connectivity index (χ1v) is 12.7. The van der Waals surface area contributed by atoms with Crippen LogP contribution in [0, 0.1) is 0 Å². The third-order valence-electron chi connectivity index (χ3n) is 5.29. The number of hydrogen-bond acceptors (Lipinski definition) is 10. The van der Waals surface area contributed by atoms with Crippen molar-refractivity contribution >= 4 is 13.7 Å². The van der Waals surface area contributed by atoms with E-state index in [0.29, 0.717) is 0 Å². The van der Waals surface area contributed by atoms with Crippen LogP contribution in [0.1, 0.15) is 33.9 Å². The lowest BCUT2D eigenvalue weighted by molar-refractivity contribution is -0.149. The minimum absolute atomic E-state index is 0.176. The topological polar surface area (TPSA) is 178 Å². The van der Waals surface area contributed by atoms with Crippen molar-refractivity contribution in [1.82, 2.24) is 14.6 Å². The molecular weight excluding hydrogens is 497 g/mol. The first-order valence-electron chi connectivity index (χ1n) is 11.2. The number of rotatable bonds is 10. The van der Waals surface area contributed by atoms with Crippen LogP contribution in [0.4, 0.5) is 0 Å². The lowest BCUT2D eigenvalue weighted by Crippen LogP contribution is -2.47. The Morgan fingerprint density at radius 1 is 1.25 bits per heavy atom. The molecule has 1 aliphatic heterocycles. The van der Waals surface area contributed by atoms with Crippen LogP contribution < -0.4 is 20.9 Å². The van der Waals surface area contributed by atoms with Crippen LogP contribution >= 0.6 is 7.75 Å². The van der Waals surface area contributed by atoms with Gasteiger partial charge in [0, 0.05) is 12.3 Å². The minimum Gasteiger partial charge on any atom is -0.462 e. The Bertz CT molecular complexity index is 1210. The molecule has 13 nitrogen and oxygen atoms in total. The number of aliphatic hydroxyl groups excluding tert-OH is 1. The highest BCUT2D eigenvalue weighted by Gasteiger charge is 2.54. The van der Waals surface area contributed by atoms with Crippen molar-refractivity contribution in [2.75, 3.05) is 6.61 Å². The van der Waals surface area contributed by atoms with E-state index in [0.717, 1.165) is 16.8 Å². The van der Waals surface area contributed by atoms with Gasteiger partial charge in [0.15, 0.2) is 6.23 Å². The monoisotopic (exact) mass is 527 g/mol. The van der Waals surface area contributed by atoms with E-state index in [9.17, 15) is 29.2 Å². The van der Waals surface area contributed by atoms with Crippen molar-refractivity contribution in [3.05, 3.63) is 63.4 Å². The molecule has 3 rings (SSSR count). The third kappa shape index (κ3) is 6.49. The first-order chi connectivity index (χ1) is 16.8. The van der Waals surface area contributed by atoms with E-state index >= 15 is 0 Å². The molecule has 4 N–H and O–H groups in total. The minimum atomic E-state index is -4.26. The molecule has 14 heteroatoms. The van der Waals surface area contributed by atoms with Crippen LogP contribution in [0.25, 0.3) is 0 Å². The number of nitrogens with zero attached hydrogens (tertiary/aromatic N) is 1.